The smallest absolute Gasteiger partial charge is 0.145 e. The number of hydrogen-bond donors (Lipinski definition) is 1. The predicted octanol–water partition coefficient (Wildman–Crippen LogP) is 3.30. The van der Waals surface area contributed by atoms with Crippen molar-refractivity contribution in [2.24, 2.45) is 0 Å². The van der Waals surface area contributed by atoms with Gasteiger partial charge in [-0.25, -0.2) is 8.78 Å². The SMILES string of the molecule is Fc1cc(CC2CCCCN2)cc(F)c1Cl. The van der Waals surface area contributed by atoms with Gasteiger partial charge < -0.3 is 5.32 Å². The monoisotopic (exact) mass is 245 g/mol. The van der Waals surface area contributed by atoms with Gasteiger partial charge in [-0.05, 0) is 43.5 Å². The lowest BCUT2D eigenvalue weighted by molar-refractivity contribution is 0.398. The summed E-state index contributed by atoms with van der Waals surface area (Å²) in [4.78, 5) is 0. The molecule has 16 heavy (non-hydrogen) atoms. The molecule has 1 saturated heterocycles. The molecule has 1 nitrogen and oxygen atoms in total. The third-order valence-electron chi connectivity index (χ3n) is 2.94. The summed E-state index contributed by atoms with van der Waals surface area (Å²) >= 11 is 5.43. The van der Waals surface area contributed by atoms with Crippen LogP contribution in [-0.2, 0) is 6.42 Å². The first-order chi connectivity index (χ1) is 7.66. The zero-order valence-corrected chi connectivity index (χ0v) is 9.66. The van der Waals surface area contributed by atoms with Crippen molar-refractivity contribution >= 4 is 11.6 Å². The molecule has 0 spiro atoms. The van der Waals surface area contributed by atoms with Crippen LogP contribution in [0.15, 0.2) is 12.1 Å². The van der Waals surface area contributed by atoms with Crippen molar-refractivity contribution in [2.75, 3.05) is 6.54 Å². The maximum Gasteiger partial charge on any atom is 0.145 e. The van der Waals surface area contributed by atoms with Crippen molar-refractivity contribution in [3.05, 3.63) is 34.4 Å². The number of nitrogens with one attached hydrogen (secondary N) is 1. The van der Waals surface area contributed by atoms with Gasteiger partial charge in [-0.1, -0.05) is 18.0 Å². The van der Waals surface area contributed by atoms with E-state index in [0.29, 0.717) is 18.0 Å². The second kappa shape index (κ2) is 5.11. The molecule has 1 atom stereocenters. The molecule has 4 heteroatoms. The fourth-order valence-corrected chi connectivity index (χ4v) is 2.22. The third-order valence-corrected chi connectivity index (χ3v) is 3.30. The van der Waals surface area contributed by atoms with Gasteiger partial charge in [0, 0.05) is 6.04 Å². The first kappa shape index (κ1) is 11.8. The lowest BCUT2D eigenvalue weighted by Crippen LogP contribution is -2.35. The molecule has 88 valence electrons. The van der Waals surface area contributed by atoms with E-state index in [1.54, 1.807) is 0 Å². The first-order valence-electron chi connectivity index (χ1n) is 5.53. The highest BCUT2D eigenvalue weighted by Gasteiger charge is 2.15. The second-order valence-electron chi connectivity index (χ2n) is 4.22. The molecule has 1 heterocycles. The summed E-state index contributed by atoms with van der Waals surface area (Å²) < 4.78 is 26.4. The van der Waals surface area contributed by atoms with Crippen LogP contribution < -0.4 is 5.32 Å². The van der Waals surface area contributed by atoms with E-state index in [0.717, 1.165) is 13.0 Å². The van der Waals surface area contributed by atoms with Gasteiger partial charge in [0.25, 0.3) is 0 Å². The average Bonchev–Trinajstić information content (AvgIpc) is 2.27. The zero-order valence-electron chi connectivity index (χ0n) is 8.90. The van der Waals surface area contributed by atoms with Crippen molar-refractivity contribution < 1.29 is 8.78 Å². The largest absolute Gasteiger partial charge is 0.314 e. The highest BCUT2D eigenvalue weighted by atomic mass is 35.5. The van der Waals surface area contributed by atoms with Gasteiger partial charge in [-0.15, -0.1) is 0 Å². The summed E-state index contributed by atoms with van der Waals surface area (Å²) in [6.45, 7) is 0.989. The molecule has 1 aliphatic heterocycles. The molecule has 0 aromatic heterocycles. The van der Waals surface area contributed by atoms with E-state index in [4.69, 9.17) is 11.6 Å². The molecule has 0 bridgehead atoms. The standard InChI is InChI=1S/C12H14ClF2N/c13-12-10(14)6-8(7-11(12)15)5-9-3-1-2-4-16-9/h6-7,9,16H,1-5H2. The summed E-state index contributed by atoms with van der Waals surface area (Å²) in [6.07, 6.45) is 4.08. The highest BCUT2D eigenvalue weighted by Crippen LogP contribution is 2.22. The summed E-state index contributed by atoms with van der Waals surface area (Å²) in [5.41, 5.74) is 0.666. The van der Waals surface area contributed by atoms with Gasteiger partial charge in [-0.2, -0.15) is 0 Å². The van der Waals surface area contributed by atoms with Crippen LogP contribution in [0.2, 0.25) is 5.02 Å². The number of hydrogen-bond acceptors (Lipinski definition) is 1. The van der Waals surface area contributed by atoms with Crippen molar-refractivity contribution in [3.8, 4) is 0 Å². The molecule has 0 aliphatic carbocycles. The van der Waals surface area contributed by atoms with Crippen molar-refractivity contribution in [3.63, 3.8) is 0 Å². The van der Waals surface area contributed by atoms with Gasteiger partial charge in [-0.3, -0.25) is 0 Å². The zero-order chi connectivity index (χ0) is 11.5. The van der Waals surface area contributed by atoms with E-state index in [1.165, 1.54) is 25.0 Å². The Bertz CT molecular complexity index is 352. The molecule has 2 rings (SSSR count). The summed E-state index contributed by atoms with van der Waals surface area (Å²) in [6, 6.07) is 2.97. The van der Waals surface area contributed by atoms with Crippen LogP contribution in [0.4, 0.5) is 8.78 Å². The van der Waals surface area contributed by atoms with Crippen LogP contribution in [0.3, 0.4) is 0 Å². The van der Waals surface area contributed by atoms with Crippen LogP contribution in [0.25, 0.3) is 0 Å². The Labute approximate surface area is 98.8 Å². The molecule has 1 aromatic rings. The molecule has 1 aliphatic rings. The fourth-order valence-electron chi connectivity index (χ4n) is 2.11. The topological polar surface area (TPSA) is 12.0 Å². The highest BCUT2D eigenvalue weighted by molar-refractivity contribution is 6.30. The van der Waals surface area contributed by atoms with Crippen LogP contribution in [-0.4, -0.2) is 12.6 Å². The van der Waals surface area contributed by atoms with E-state index in [2.05, 4.69) is 5.32 Å². The predicted molar refractivity (Wildman–Crippen MR) is 60.7 cm³/mol. The van der Waals surface area contributed by atoms with Gasteiger partial charge in [0.05, 0.1) is 0 Å². The lowest BCUT2D eigenvalue weighted by atomic mass is 9.98. The van der Waals surface area contributed by atoms with Gasteiger partial charge in [0.1, 0.15) is 16.7 Å². The Hall–Kier alpha value is -0.670. The fraction of sp³-hybridized carbons (Fsp3) is 0.500. The third kappa shape index (κ3) is 2.71. The minimum absolute atomic E-state index is 0.328. The maximum absolute atomic E-state index is 13.2. The molecule has 1 aromatic carbocycles. The van der Waals surface area contributed by atoms with E-state index in [9.17, 15) is 8.78 Å². The molecule has 0 saturated carbocycles. The average molecular weight is 246 g/mol. The number of halogens is 3. The van der Waals surface area contributed by atoms with E-state index < -0.39 is 16.7 Å². The quantitative estimate of drug-likeness (QED) is 0.789. The van der Waals surface area contributed by atoms with E-state index in [1.807, 2.05) is 0 Å². The van der Waals surface area contributed by atoms with Crippen LogP contribution in [0.5, 0.6) is 0 Å². The molecule has 1 unspecified atom stereocenters. The second-order valence-corrected chi connectivity index (χ2v) is 4.60. The van der Waals surface area contributed by atoms with Gasteiger partial charge >= 0.3 is 0 Å². The molecule has 1 N–H and O–H groups in total. The number of rotatable bonds is 2. The summed E-state index contributed by atoms with van der Waals surface area (Å²) in [5.74, 6) is -1.35. The van der Waals surface area contributed by atoms with E-state index >= 15 is 0 Å². The Morgan fingerprint density at radius 1 is 1.25 bits per heavy atom. The first-order valence-corrected chi connectivity index (χ1v) is 5.91. The minimum atomic E-state index is -0.674. The molecule has 0 radical (unpaired) electrons. The molecule has 1 fully saturated rings. The molecular weight excluding hydrogens is 232 g/mol. The normalized spacial score (nSPS) is 21.1. The van der Waals surface area contributed by atoms with E-state index in [-0.39, 0.29) is 0 Å². The van der Waals surface area contributed by atoms with Crippen molar-refractivity contribution in [2.45, 2.75) is 31.7 Å². The Balaban J connectivity index is 2.09. The van der Waals surface area contributed by atoms with Crippen LogP contribution in [0, 0.1) is 11.6 Å². The maximum atomic E-state index is 13.2. The Morgan fingerprint density at radius 3 is 2.50 bits per heavy atom. The van der Waals surface area contributed by atoms with Gasteiger partial charge in [0.15, 0.2) is 0 Å². The summed E-state index contributed by atoms with van der Waals surface area (Å²) in [7, 11) is 0. The summed E-state index contributed by atoms with van der Waals surface area (Å²) in [5, 5.41) is 2.93. The van der Waals surface area contributed by atoms with Gasteiger partial charge in [0.2, 0.25) is 0 Å². The van der Waals surface area contributed by atoms with Crippen LogP contribution in [0.1, 0.15) is 24.8 Å². The lowest BCUT2D eigenvalue weighted by Gasteiger charge is -2.23. The Kier molecular flexibility index (Phi) is 3.77. The number of benzene rings is 1. The number of piperidine rings is 1. The minimum Gasteiger partial charge on any atom is -0.314 e. The van der Waals surface area contributed by atoms with Crippen molar-refractivity contribution in [1.29, 1.82) is 0 Å². The van der Waals surface area contributed by atoms with Crippen LogP contribution >= 0.6 is 11.6 Å². The molecular formula is C12H14ClF2N. The molecule has 0 amide bonds. The van der Waals surface area contributed by atoms with Crippen molar-refractivity contribution in [1.82, 2.24) is 5.32 Å². The Morgan fingerprint density at radius 2 is 1.94 bits per heavy atom.